The second kappa shape index (κ2) is 3.82. The van der Waals surface area contributed by atoms with Gasteiger partial charge >= 0.3 is 0 Å². The summed E-state index contributed by atoms with van der Waals surface area (Å²) in [6.07, 6.45) is 0.761. The minimum Gasteiger partial charge on any atom is -0.360 e. The van der Waals surface area contributed by atoms with Gasteiger partial charge < -0.3 is 16.2 Å². The first-order chi connectivity index (χ1) is 4.18. The van der Waals surface area contributed by atoms with Crippen LogP contribution < -0.4 is 11.5 Å². The van der Waals surface area contributed by atoms with Crippen LogP contribution in [0.1, 0.15) is 20.3 Å². The van der Waals surface area contributed by atoms with Gasteiger partial charge in [0.05, 0.1) is 0 Å². The van der Waals surface area contributed by atoms with E-state index in [0.717, 1.165) is 6.42 Å². The van der Waals surface area contributed by atoms with E-state index < -0.39 is 5.72 Å². The standard InChI is InChI=1S/C6H16N2O/c1-3-6(8,5-7)9-4-2/h3-5,7-8H2,1-2H3. The highest BCUT2D eigenvalue weighted by Gasteiger charge is 2.19. The molecular formula is C6H16N2O. The van der Waals surface area contributed by atoms with E-state index >= 15 is 0 Å². The van der Waals surface area contributed by atoms with Crippen molar-refractivity contribution in [3.05, 3.63) is 0 Å². The largest absolute Gasteiger partial charge is 0.360 e. The Morgan fingerprint density at radius 2 is 2.00 bits per heavy atom. The fourth-order valence-electron chi connectivity index (χ4n) is 0.593. The van der Waals surface area contributed by atoms with E-state index in [0.29, 0.717) is 13.2 Å². The maximum atomic E-state index is 5.66. The molecule has 1 unspecified atom stereocenters. The van der Waals surface area contributed by atoms with Crippen molar-refractivity contribution < 1.29 is 4.74 Å². The smallest absolute Gasteiger partial charge is 0.128 e. The summed E-state index contributed by atoms with van der Waals surface area (Å²) in [7, 11) is 0. The lowest BCUT2D eigenvalue weighted by Crippen LogP contribution is -2.48. The molecule has 0 radical (unpaired) electrons. The van der Waals surface area contributed by atoms with Crippen molar-refractivity contribution in [2.24, 2.45) is 11.5 Å². The van der Waals surface area contributed by atoms with Crippen molar-refractivity contribution in [3.8, 4) is 0 Å². The zero-order valence-electron chi connectivity index (χ0n) is 6.18. The lowest BCUT2D eigenvalue weighted by molar-refractivity contribution is -0.0301. The predicted octanol–water partition coefficient (Wildman–Crippen LogP) is 0.0466. The predicted molar refractivity (Wildman–Crippen MR) is 37.9 cm³/mol. The summed E-state index contributed by atoms with van der Waals surface area (Å²) in [5.74, 6) is 0. The Bertz CT molecular complexity index is 71.5. The molecule has 3 heteroatoms. The van der Waals surface area contributed by atoms with Gasteiger partial charge in [0.2, 0.25) is 0 Å². The second-order valence-corrected chi connectivity index (χ2v) is 2.06. The van der Waals surface area contributed by atoms with Gasteiger partial charge in [-0.05, 0) is 13.3 Å². The normalized spacial score (nSPS) is 17.3. The van der Waals surface area contributed by atoms with Crippen LogP contribution in [0.4, 0.5) is 0 Å². The zero-order valence-corrected chi connectivity index (χ0v) is 6.18. The summed E-state index contributed by atoms with van der Waals surface area (Å²) < 4.78 is 5.18. The quantitative estimate of drug-likeness (QED) is 0.531. The van der Waals surface area contributed by atoms with Gasteiger partial charge in [-0.15, -0.1) is 0 Å². The highest BCUT2D eigenvalue weighted by Crippen LogP contribution is 2.04. The van der Waals surface area contributed by atoms with Crippen molar-refractivity contribution in [2.75, 3.05) is 13.2 Å². The molecular weight excluding hydrogens is 116 g/mol. The Morgan fingerprint density at radius 1 is 1.44 bits per heavy atom. The molecule has 0 rings (SSSR count). The summed E-state index contributed by atoms with van der Waals surface area (Å²) in [5.41, 5.74) is 10.4. The Kier molecular flexibility index (Phi) is 3.77. The number of ether oxygens (including phenoxy) is 1. The molecule has 0 amide bonds. The number of hydrogen-bond acceptors (Lipinski definition) is 3. The number of nitrogens with two attached hydrogens (primary N) is 2. The van der Waals surface area contributed by atoms with Crippen LogP contribution in [0, 0.1) is 0 Å². The molecule has 0 heterocycles. The van der Waals surface area contributed by atoms with E-state index in [9.17, 15) is 0 Å². The van der Waals surface area contributed by atoms with Crippen molar-refractivity contribution in [1.82, 2.24) is 0 Å². The maximum absolute atomic E-state index is 5.66. The molecule has 0 saturated carbocycles. The topological polar surface area (TPSA) is 61.3 Å². The molecule has 9 heavy (non-hydrogen) atoms. The van der Waals surface area contributed by atoms with Crippen LogP contribution in [0.2, 0.25) is 0 Å². The van der Waals surface area contributed by atoms with Crippen LogP contribution in [0.25, 0.3) is 0 Å². The van der Waals surface area contributed by atoms with Crippen LogP contribution >= 0.6 is 0 Å². The molecule has 56 valence electrons. The van der Waals surface area contributed by atoms with Gasteiger partial charge in [-0.2, -0.15) is 0 Å². The molecule has 0 fully saturated rings. The maximum Gasteiger partial charge on any atom is 0.128 e. The van der Waals surface area contributed by atoms with Crippen LogP contribution in [0.3, 0.4) is 0 Å². The van der Waals surface area contributed by atoms with Gasteiger partial charge in [0.25, 0.3) is 0 Å². The first-order valence-electron chi connectivity index (χ1n) is 3.31. The minimum absolute atomic E-state index is 0.386. The molecule has 0 saturated heterocycles. The SMILES string of the molecule is CCOC(N)(CC)CN. The molecule has 4 N–H and O–H groups in total. The highest BCUT2D eigenvalue weighted by atomic mass is 16.5. The second-order valence-electron chi connectivity index (χ2n) is 2.06. The average molecular weight is 132 g/mol. The first kappa shape index (κ1) is 8.88. The van der Waals surface area contributed by atoms with Crippen molar-refractivity contribution in [2.45, 2.75) is 26.0 Å². The molecule has 0 spiro atoms. The van der Waals surface area contributed by atoms with Gasteiger partial charge in [0.1, 0.15) is 5.72 Å². The van der Waals surface area contributed by atoms with Crippen molar-refractivity contribution in [1.29, 1.82) is 0 Å². The zero-order chi connectivity index (χ0) is 7.33. The van der Waals surface area contributed by atoms with Gasteiger partial charge in [-0.3, -0.25) is 0 Å². The Morgan fingerprint density at radius 3 is 2.11 bits per heavy atom. The highest BCUT2D eigenvalue weighted by molar-refractivity contribution is 4.71. The molecule has 0 aliphatic heterocycles. The summed E-state index contributed by atoms with van der Waals surface area (Å²) in [6, 6.07) is 0. The summed E-state index contributed by atoms with van der Waals surface area (Å²) >= 11 is 0. The Hall–Kier alpha value is -0.120. The third-order valence-electron chi connectivity index (χ3n) is 1.38. The van der Waals surface area contributed by atoms with Gasteiger partial charge in [0.15, 0.2) is 0 Å². The van der Waals surface area contributed by atoms with Gasteiger partial charge in [-0.25, -0.2) is 0 Å². The van der Waals surface area contributed by atoms with E-state index in [1.807, 2.05) is 13.8 Å². The molecule has 0 aromatic rings. The number of hydrogen-bond donors (Lipinski definition) is 2. The third kappa shape index (κ3) is 2.79. The van der Waals surface area contributed by atoms with E-state index in [-0.39, 0.29) is 0 Å². The van der Waals surface area contributed by atoms with Crippen LogP contribution in [0.15, 0.2) is 0 Å². The van der Waals surface area contributed by atoms with Crippen molar-refractivity contribution in [3.63, 3.8) is 0 Å². The van der Waals surface area contributed by atoms with Gasteiger partial charge in [-0.1, -0.05) is 6.92 Å². The Labute approximate surface area is 56.4 Å². The van der Waals surface area contributed by atoms with E-state index in [4.69, 9.17) is 16.2 Å². The lowest BCUT2D eigenvalue weighted by atomic mass is 10.2. The van der Waals surface area contributed by atoms with Crippen LogP contribution in [-0.4, -0.2) is 18.9 Å². The van der Waals surface area contributed by atoms with Gasteiger partial charge in [0, 0.05) is 13.2 Å². The molecule has 0 bridgehead atoms. The summed E-state index contributed by atoms with van der Waals surface area (Å²) in [5, 5.41) is 0. The van der Waals surface area contributed by atoms with E-state index in [1.165, 1.54) is 0 Å². The molecule has 3 nitrogen and oxygen atoms in total. The first-order valence-corrected chi connectivity index (χ1v) is 3.31. The minimum atomic E-state index is -0.589. The van der Waals surface area contributed by atoms with Crippen LogP contribution in [0.5, 0.6) is 0 Å². The average Bonchev–Trinajstić information content (AvgIpc) is 1.89. The number of rotatable bonds is 4. The summed E-state index contributed by atoms with van der Waals surface area (Å²) in [4.78, 5) is 0. The van der Waals surface area contributed by atoms with Crippen LogP contribution in [-0.2, 0) is 4.74 Å². The molecule has 0 aliphatic rings. The van der Waals surface area contributed by atoms with E-state index in [1.54, 1.807) is 0 Å². The summed E-state index contributed by atoms with van der Waals surface area (Å²) in [6.45, 7) is 4.88. The van der Waals surface area contributed by atoms with Crippen molar-refractivity contribution >= 4 is 0 Å². The monoisotopic (exact) mass is 132 g/mol. The lowest BCUT2D eigenvalue weighted by Gasteiger charge is -2.25. The van der Waals surface area contributed by atoms with E-state index in [2.05, 4.69) is 0 Å². The molecule has 0 aromatic heterocycles. The third-order valence-corrected chi connectivity index (χ3v) is 1.38. The Balaban J connectivity index is 3.62. The fraction of sp³-hybridized carbons (Fsp3) is 1.00. The fourth-order valence-corrected chi connectivity index (χ4v) is 0.593. The molecule has 0 aromatic carbocycles. The molecule has 0 aliphatic carbocycles. The molecule has 1 atom stereocenters.